The van der Waals surface area contributed by atoms with Gasteiger partial charge in [-0.2, -0.15) is 0 Å². The Balaban J connectivity index is 2.19. The van der Waals surface area contributed by atoms with Crippen molar-refractivity contribution in [2.24, 2.45) is 0 Å². The molecule has 1 rings (SSSR count). The van der Waals surface area contributed by atoms with Crippen molar-refractivity contribution in [1.82, 2.24) is 5.32 Å². The molecule has 0 bridgehead atoms. The Morgan fingerprint density at radius 1 is 1.57 bits per heavy atom. The standard InChI is InChI=1S/C12H23NO/c1-3-4-7-11(13-2)10-12-8-5-6-9-14-12/h3,11-13H,1,4-10H2,2H3. The number of rotatable bonds is 6. The zero-order chi connectivity index (χ0) is 10.2. The minimum absolute atomic E-state index is 0.492. The summed E-state index contributed by atoms with van der Waals surface area (Å²) in [5, 5.41) is 3.36. The average Bonchev–Trinajstić information content (AvgIpc) is 2.25. The van der Waals surface area contributed by atoms with Crippen molar-refractivity contribution in [1.29, 1.82) is 0 Å². The van der Waals surface area contributed by atoms with Crippen LogP contribution in [0.5, 0.6) is 0 Å². The van der Waals surface area contributed by atoms with E-state index in [2.05, 4.69) is 11.9 Å². The third-order valence-corrected chi connectivity index (χ3v) is 2.95. The highest BCUT2D eigenvalue weighted by Crippen LogP contribution is 2.18. The lowest BCUT2D eigenvalue weighted by atomic mass is 9.99. The maximum absolute atomic E-state index is 5.72. The van der Waals surface area contributed by atoms with E-state index in [1.54, 1.807) is 0 Å². The fourth-order valence-corrected chi connectivity index (χ4v) is 2.01. The number of hydrogen-bond donors (Lipinski definition) is 1. The van der Waals surface area contributed by atoms with Gasteiger partial charge in [0.1, 0.15) is 0 Å². The van der Waals surface area contributed by atoms with Gasteiger partial charge < -0.3 is 10.1 Å². The SMILES string of the molecule is C=CCCC(CC1CCCCO1)NC. The Kier molecular flexibility index (Phi) is 5.88. The molecule has 1 heterocycles. The van der Waals surface area contributed by atoms with Crippen LogP contribution >= 0.6 is 0 Å². The molecular formula is C12H23NO. The van der Waals surface area contributed by atoms with Crippen LogP contribution in [-0.2, 0) is 4.74 Å². The third-order valence-electron chi connectivity index (χ3n) is 2.95. The van der Waals surface area contributed by atoms with Gasteiger partial charge in [-0.1, -0.05) is 6.08 Å². The summed E-state index contributed by atoms with van der Waals surface area (Å²) in [6.07, 6.45) is 9.74. The molecule has 1 aliphatic heterocycles. The Labute approximate surface area is 87.7 Å². The highest BCUT2D eigenvalue weighted by atomic mass is 16.5. The van der Waals surface area contributed by atoms with Crippen molar-refractivity contribution in [3.05, 3.63) is 12.7 Å². The van der Waals surface area contributed by atoms with Crippen molar-refractivity contribution >= 4 is 0 Å². The second kappa shape index (κ2) is 7.02. The Morgan fingerprint density at radius 2 is 2.43 bits per heavy atom. The third kappa shape index (κ3) is 4.25. The lowest BCUT2D eigenvalue weighted by Gasteiger charge is -2.26. The molecule has 0 radical (unpaired) electrons. The smallest absolute Gasteiger partial charge is 0.0590 e. The number of ether oxygens (including phenoxy) is 1. The van der Waals surface area contributed by atoms with Gasteiger partial charge in [-0.15, -0.1) is 6.58 Å². The molecule has 1 aliphatic rings. The predicted molar refractivity (Wildman–Crippen MR) is 60.5 cm³/mol. The van der Waals surface area contributed by atoms with Crippen molar-refractivity contribution in [2.75, 3.05) is 13.7 Å². The summed E-state index contributed by atoms with van der Waals surface area (Å²) < 4.78 is 5.72. The molecule has 2 atom stereocenters. The maximum atomic E-state index is 5.72. The van der Waals surface area contributed by atoms with E-state index in [0.717, 1.165) is 19.4 Å². The van der Waals surface area contributed by atoms with Crippen LogP contribution in [0.15, 0.2) is 12.7 Å². The minimum atomic E-state index is 0.492. The largest absolute Gasteiger partial charge is 0.378 e. The summed E-state index contributed by atoms with van der Waals surface area (Å²) in [6.45, 7) is 4.72. The van der Waals surface area contributed by atoms with Crippen molar-refractivity contribution in [3.63, 3.8) is 0 Å². The molecule has 2 nitrogen and oxygen atoms in total. The van der Waals surface area contributed by atoms with Crippen molar-refractivity contribution < 1.29 is 4.74 Å². The second-order valence-corrected chi connectivity index (χ2v) is 4.08. The number of hydrogen-bond acceptors (Lipinski definition) is 2. The van der Waals surface area contributed by atoms with Crippen LogP contribution in [0.4, 0.5) is 0 Å². The average molecular weight is 197 g/mol. The summed E-state index contributed by atoms with van der Waals surface area (Å²) in [6, 6.07) is 0.594. The van der Waals surface area contributed by atoms with E-state index in [1.807, 2.05) is 13.1 Å². The van der Waals surface area contributed by atoms with E-state index < -0.39 is 0 Å². The van der Waals surface area contributed by atoms with Crippen molar-refractivity contribution in [3.8, 4) is 0 Å². The van der Waals surface area contributed by atoms with E-state index in [0.29, 0.717) is 12.1 Å². The zero-order valence-electron chi connectivity index (χ0n) is 9.30. The van der Waals surface area contributed by atoms with Crippen LogP contribution in [0.1, 0.15) is 38.5 Å². The Morgan fingerprint density at radius 3 is 3.00 bits per heavy atom. The van der Waals surface area contributed by atoms with Crippen LogP contribution in [0, 0.1) is 0 Å². The molecule has 0 aliphatic carbocycles. The molecule has 0 amide bonds. The van der Waals surface area contributed by atoms with Crippen LogP contribution < -0.4 is 5.32 Å². The molecular weight excluding hydrogens is 174 g/mol. The molecule has 0 aromatic rings. The molecule has 0 aromatic heterocycles. The van der Waals surface area contributed by atoms with Crippen LogP contribution in [0.3, 0.4) is 0 Å². The van der Waals surface area contributed by atoms with Crippen molar-refractivity contribution in [2.45, 2.75) is 50.7 Å². The van der Waals surface area contributed by atoms with E-state index in [4.69, 9.17) is 4.74 Å². The summed E-state index contributed by atoms with van der Waals surface area (Å²) in [7, 11) is 2.04. The van der Waals surface area contributed by atoms with Gasteiger partial charge in [0.2, 0.25) is 0 Å². The van der Waals surface area contributed by atoms with Gasteiger partial charge in [0.25, 0.3) is 0 Å². The fraction of sp³-hybridized carbons (Fsp3) is 0.833. The summed E-state index contributed by atoms with van der Waals surface area (Å²) >= 11 is 0. The monoisotopic (exact) mass is 197 g/mol. The lowest BCUT2D eigenvalue weighted by Crippen LogP contribution is -2.32. The molecule has 0 saturated carbocycles. The molecule has 1 fully saturated rings. The first-order chi connectivity index (χ1) is 6.86. The molecule has 0 spiro atoms. The van der Waals surface area contributed by atoms with Gasteiger partial charge >= 0.3 is 0 Å². The van der Waals surface area contributed by atoms with E-state index >= 15 is 0 Å². The first kappa shape index (κ1) is 11.7. The van der Waals surface area contributed by atoms with E-state index in [-0.39, 0.29) is 0 Å². The maximum Gasteiger partial charge on any atom is 0.0590 e. The number of nitrogens with one attached hydrogen (secondary N) is 1. The van der Waals surface area contributed by atoms with Gasteiger partial charge in [-0.25, -0.2) is 0 Å². The topological polar surface area (TPSA) is 21.3 Å². The number of allylic oxidation sites excluding steroid dienone is 1. The molecule has 14 heavy (non-hydrogen) atoms. The fourth-order valence-electron chi connectivity index (χ4n) is 2.01. The summed E-state index contributed by atoms with van der Waals surface area (Å²) in [4.78, 5) is 0. The van der Waals surface area contributed by atoms with E-state index in [1.165, 1.54) is 25.7 Å². The van der Waals surface area contributed by atoms with Crippen LogP contribution in [-0.4, -0.2) is 25.8 Å². The normalized spacial score (nSPS) is 24.5. The Hall–Kier alpha value is -0.340. The highest BCUT2D eigenvalue weighted by Gasteiger charge is 2.17. The quantitative estimate of drug-likeness (QED) is 0.661. The molecule has 82 valence electrons. The van der Waals surface area contributed by atoms with Gasteiger partial charge in [0, 0.05) is 12.6 Å². The molecule has 1 saturated heterocycles. The Bertz CT molecular complexity index is 152. The molecule has 0 aromatic carbocycles. The van der Waals surface area contributed by atoms with E-state index in [9.17, 15) is 0 Å². The van der Waals surface area contributed by atoms with Gasteiger partial charge in [-0.05, 0) is 45.6 Å². The highest BCUT2D eigenvalue weighted by molar-refractivity contribution is 4.77. The summed E-state index contributed by atoms with van der Waals surface area (Å²) in [5.41, 5.74) is 0. The summed E-state index contributed by atoms with van der Waals surface area (Å²) in [5.74, 6) is 0. The van der Waals surface area contributed by atoms with Gasteiger partial charge in [-0.3, -0.25) is 0 Å². The molecule has 1 N–H and O–H groups in total. The predicted octanol–water partition coefficient (Wildman–Crippen LogP) is 2.50. The second-order valence-electron chi connectivity index (χ2n) is 4.08. The molecule has 2 heteroatoms. The lowest BCUT2D eigenvalue weighted by molar-refractivity contribution is 0.00523. The van der Waals surface area contributed by atoms with Gasteiger partial charge in [0.15, 0.2) is 0 Å². The van der Waals surface area contributed by atoms with Crippen LogP contribution in [0.25, 0.3) is 0 Å². The van der Waals surface area contributed by atoms with Crippen LogP contribution in [0.2, 0.25) is 0 Å². The first-order valence-corrected chi connectivity index (χ1v) is 5.76. The first-order valence-electron chi connectivity index (χ1n) is 5.76. The zero-order valence-corrected chi connectivity index (χ0v) is 9.30. The van der Waals surface area contributed by atoms with Gasteiger partial charge in [0.05, 0.1) is 6.10 Å². The molecule has 2 unspecified atom stereocenters. The minimum Gasteiger partial charge on any atom is -0.378 e.